The van der Waals surface area contributed by atoms with E-state index in [9.17, 15) is 15.0 Å². The van der Waals surface area contributed by atoms with Crippen molar-refractivity contribution in [2.45, 2.75) is 37.2 Å². The number of urea groups is 1. The standard InChI is InChI=1S/C15H21ClN2O4/c1-22-14(9-3-2-4-10(16)5-9)8-17-15(21)18-11-6-12(19)13(20)7-11/h2-5,11-14,19-20H,6-8H2,1H3,(H2,17,18,21)/t11?,12-,13+,14?. The number of carbonyl (C=O) groups is 1. The molecule has 4 N–H and O–H groups in total. The molecule has 4 atom stereocenters. The molecule has 1 saturated carbocycles. The first kappa shape index (κ1) is 17.0. The van der Waals surface area contributed by atoms with Gasteiger partial charge >= 0.3 is 6.03 Å². The van der Waals surface area contributed by atoms with Crippen LogP contribution in [-0.4, -0.2) is 48.1 Å². The first-order valence-corrected chi connectivity index (χ1v) is 7.56. The summed E-state index contributed by atoms with van der Waals surface area (Å²) in [5.74, 6) is 0. The number of nitrogens with one attached hydrogen (secondary N) is 2. The summed E-state index contributed by atoms with van der Waals surface area (Å²) in [5, 5.41) is 25.0. The predicted molar refractivity (Wildman–Crippen MR) is 82.8 cm³/mol. The van der Waals surface area contributed by atoms with E-state index in [4.69, 9.17) is 16.3 Å². The zero-order valence-corrected chi connectivity index (χ0v) is 13.1. The maximum Gasteiger partial charge on any atom is 0.315 e. The van der Waals surface area contributed by atoms with E-state index < -0.39 is 12.2 Å². The van der Waals surface area contributed by atoms with Gasteiger partial charge in [-0.3, -0.25) is 0 Å². The second kappa shape index (κ2) is 7.78. The van der Waals surface area contributed by atoms with Gasteiger partial charge in [-0.05, 0) is 30.5 Å². The van der Waals surface area contributed by atoms with Crippen LogP contribution in [-0.2, 0) is 4.74 Å². The molecule has 1 aliphatic rings. The van der Waals surface area contributed by atoms with Gasteiger partial charge in [0.1, 0.15) is 0 Å². The van der Waals surface area contributed by atoms with Gasteiger partial charge in [0.05, 0.1) is 18.3 Å². The van der Waals surface area contributed by atoms with Crippen LogP contribution in [0.1, 0.15) is 24.5 Å². The van der Waals surface area contributed by atoms with Gasteiger partial charge in [0.2, 0.25) is 0 Å². The fourth-order valence-electron chi connectivity index (χ4n) is 2.58. The number of methoxy groups -OCH3 is 1. The Kier molecular flexibility index (Phi) is 6.02. The maximum atomic E-state index is 11.9. The molecule has 0 radical (unpaired) electrons. The van der Waals surface area contributed by atoms with Crippen molar-refractivity contribution in [1.29, 1.82) is 0 Å². The van der Waals surface area contributed by atoms with Crippen LogP contribution in [0, 0.1) is 0 Å². The van der Waals surface area contributed by atoms with Crippen LogP contribution in [0.5, 0.6) is 0 Å². The molecule has 1 aromatic carbocycles. The molecule has 2 unspecified atom stereocenters. The third-order valence-corrected chi connectivity index (χ3v) is 4.02. The van der Waals surface area contributed by atoms with Crippen molar-refractivity contribution in [3.05, 3.63) is 34.9 Å². The van der Waals surface area contributed by atoms with Gasteiger partial charge in [-0.1, -0.05) is 23.7 Å². The lowest BCUT2D eigenvalue weighted by molar-refractivity contribution is 0.0438. The Morgan fingerprint density at radius 1 is 1.41 bits per heavy atom. The van der Waals surface area contributed by atoms with E-state index >= 15 is 0 Å². The first-order valence-electron chi connectivity index (χ1n) is 7.18. The van der Waals surface area contributed by atoms with Gasteiger partial charge < -0.3 is 25.6 Å². The van der Waals surface area contributed by atoms with Gasteiger partial charge in [0, 0.05) is 24.7 Å². The van der Waals surface area contributed by atoms with Crippen LogP contribution in [0.2, 0.25) is 5.02 Å². The Balaban J connectivity index is 1.82. The van der Waals surface area contributed by atoms with Crippen LogP contribution in [0.4, 0.5) is 4.79 Å². The average molecular weight is 329 g/mol. The van der Waals surface area contributed by atoms with Crippen molar-refractivity contribution in [3.63, 3.8) is 0 Å². The molecule has 0 heterocycles. The highest BCUT2D eigenvalue weighted by Gasteiger charge is 2.32. The summed E-state index contributed by atoms with van der Waals surface area (Å²) in [6.07, 6.45) is -1.14. The summed E-state index contributed by atoms with van der Waals surface area (Å²) in [6, 6.07) is 6.69. The Morgan fingerprint density at radius 3 is 2.68 bits per heavy atom. The number of benzene rings is 1. The number of carbonyl (C=O) groups excluding carboxylic acids is 1. The lowest BCUT2D eigenvalue weighted by atomic mass is 10.1. The third kappa shape index (κ3) is 4.58. The van der Waals surface area contributed by atoms with E-state index in [2.05, 4.69) is 10.6 Å². The molecule has 1 aromatic rings. The largest absolute Gasteiger partial charge is 0.390 e. The quantitative estimate of drug-likeness (QED) is 0.654. The Labute approximate surface area is 134 Å². The molecule has 22 heavy (non-hydrogen) atoms. The van der Waals surface area contributed by atoms with Crippen molar-refractivity contribution >= 4 is 17.6 Å². The molecular weight excluding hydrogens is 308 g/mol. The van der Waals surface area contributed by atoms with E-state index in [0.717, 1.165) is 5.56 Å². The van der Waals surface area contributed by atoms with Gasteiger partial charge in [-0.25, -0.2) is 4.79 Å². The second-order valence-electron chi connectivity index (χ2n) is 5.44. The molecule has 0 spiro atoms. The summed E-state index contributed by atoms with van der Waals surface area (Å²) in [7, 11) is 1.56. The maximum absolute atomic E-state index is 11.9. The summed E-state index contributed by atoms with van der Waals surface area (Å²) >= 11 is 5.95. The number of rotatable bonds is 5. The molecule has 7 heteroatoms. The minimum Gasteiger partial charge on any atom is -0.390 e. The van der Waals surface area contributed by atoms with Gasteiger partial charge in [-0.15, -0.1) is 0 Å². The Hall–Kier alpha value is -1.34. The molecule has 0 aromatic heterocycles. The Bertz CT molecular complexity index is 504. The van der Waals surface area contributed by atoms with Crippen LogP contribution in [0.3, 0.4) is 0 Å². The molecule has 1 fully saturated rings. The number of aliphatic hydroxyl groups excluding tert-OH is 2. The van der Waals surface area contributed by atoms with E-state index in [1.165, 1.54) is 0 Å². The molecular formula is C15H21ClN2O4. The normalized spacial score (nSPS) is 25.7. The fraction of sp³-hybridized carbons (Fsp3) is 0.533. The first-order chi connectivity index (χ1) is 10.5. The molecule has 6 nitrogen and oxygen atoms in total. The molecule has 0 bridgehead atoms. The summed E-state index contributed by atoms with van der Waals surface area (Å²) < 4.78 is 5.36. The lowest BCUT2D eigenvalue weighted by Crippen LogP contribution is -2.42. The predicted octanol–water partition coefficient (Wildman–Crippen LogP) is 1.21. The van der Waals surface area contributed by atoms with Crippen molar-refractivity contribution in [1.82, 2.24) is 10.6 Å². The van der Waals surface area contributed by atoms with Gasteiger partial charge in [0.25, 0.3) is 0 Å². The Morgan fingerprint density at radius 2 is 2.09 bits per heavy atom. The van der Waals surface area contributed by atoms with E-state index in [1.54, 1.807) is 19.2 Å². The molecule has 0 saturated heterocycles. The summed E-state index contributed by atoms with van der Waals surface area (Å²) in [6.45, 7) is 0.292. The molecule has 0 aliphatic heterocycles. The van der Waals surface area contributed by atoms with Crippen molar-refractivity contribution in [2.75, 3.05) is 13.7 Å². The molecule has 1 aliphatic carbocycles. The fourth-order valence-corrected chi connectivity index (χ4v) is 2.78. The van der Waals surface area contributed by atoms with E-state index in [0.29, 0.717) is 24.4 Å². The molecule has 2 rings (SSSR count). The zero-order valence-electron chi connectivity index (χ0n) is 12.3. The number of halogens is 1. The number of hydrogen-bond donors (Lipinski definition) is 4. The number of aliphatic hydroxyl groups is 2. The SMILES string of the molecule is COC(CNC(=O)NC1C[C@@H](O)[C@@H](O)C1)c1cccc(Cl)c1. The van der Waals surface area contributed by atoms with E-state index in [1.807, 2.05) is 12.1 Å². The van der Waals surface area contributed by atoms with Crippen molar-refractivity contribution < 1.29 is 19.7 Å². The second-order valence-corrected chi connectivity index (χ2v) is 5.87. The highest BCUT2D eigenvalue weighted by molar-refractivity contribution is 6.30. The van der Waals surface area contributed by atoms with Gasteiger partial charge in [0.15, 0.2) is 0 Å². The lowest BCUT2D eigenvalue weighted by Gasteiger charge is -2.18. The van der Waals surface area contributed by atoms with Crippen LogP contribution in [0.15, 0.2) is 24.3 Å². The molecule has 2 amide bonds. The van der Waals surface area contributed by atoms with Crippen molar-refractivity contribution in [3.8, 4) is 0 Å². The monoisotopic (exact) mass is 328 g/mol. The number of hydrogen-bond acceptors (Lipinski definition) is 4. The molecule has 122 valence electrons. The van der Waals surface area contributed by atoms with Gasteiger partial charge in [-0.2, -0.15) is 0 Å². The van der Waals surface area contributed by atoms with Crippen LogP contribution >= 0.6 is 11.6 Å². The summed E-state index contributed by atoms with van der Waals surface area (Å²) in [5.41, 5.74) is 0.877. The third-order valence-electron chi connectivity index (χ3n) is 3.78. The van der Waals surface area contributed by atoms with Crippen molar-refractivity contribution in [2.24, 2.45) is 0 Å². The average Bonchev–Trinajstić information content (AvgIpc) is 2.78. The zero-order chi connectivity index (χ0) is 16.1. The highest BCUT2D eigenvalue weighted by atomic mass is 35.5. The topological polar surface area (TPSA) is 90.8 Å². The van der Waals surface area contributed by atoms with E-state index in [-0.39, 0.29) is 18.2 Å². The number of ether oxygens (including phenoxy) is 1. The minimum atomic E-state index is -0.775. The summed E-state index contributed by atoms with van der Waals surface area (Å²) in [4.78, 5) is 11.9. The van der Waals surface area contributed by atoms with Crippen LogP contribution < -0.4 is 10.6 Å². The smallest absolute Gasteiger partial charge is 0.315 e. The number of amides is 2. The minimum absolute atomic E-state index is 0.225. The highest BCUT2D eigenvalue weighted by Crippen LogP contribution is 2.21. The van der Waals surface area contributed by atoms with Crippen LogP contribution in [0.25, 0.3) is 0 Å².